The van der Waals surface area contributed by atoms with Gasteiger partial charge in [0, 0.05) is 12.6 Å². The van der Waals surface area contributed by atoms with Crippen molar-refractivity contribution in [1.29, 1.82) is 0 Å². The molecule has 0 aliphatic rings. The number of hydrogen-bond donors (Lipinski definition) is 1. The minimum atomic E-state index is -0.475. The molecule has 0 fully saturated rings. The predicted molar refractivity (Wildman–Crippen MR) is 91.9 cm³/mol. The fraction of sp³-hybridized carbons (Fsp3) is 0.312. The number of anilines is 1. The van der Waals surface area contributed by atoms with Gasteiger partial charge < -0.3 is 5.32 Å². The maximum atomic E-state index is 12.2. The van der Waals surface area contributed by atoms with Crippen molar-refractivity contribution in [1.82, 2.24) is 4.90 Å². The molecule has 0 saturated carbocycles. The van der Waals surface area contributed by atoms with Gasteiger partial charge in [0.25, 0.3) is 5.69 Å². The van der Waals surface area contributed by atoms with Crippen LogP contribution in [0.5, 0.6) is 0 Å². The van der Waals surface area contributed by atoms with E-state index in [0.29, 0.717) is 12.1 Å². The summed E-state index contributed by atoms with van der Waals surface area (Å²) in [6.45, 7) is 4.45. The van der Waals surface area contributed by atoms with Gasteiger partial charge in [-0.2, -0.15) is 11.3 Å². The molecule has 6 nitrogen and oxygen atoms in total. The maximum Gasteiger partial charge on any atom is 0.293 e. The summed E-state index contributed by atoms with van der Waals surface area (Å²) in [5, 5.41) is 17.9. The van der Waals surface area contributed by atoms with Gasteiger partial charge in [-0.05, 0) is 54.4 Å². The number of hydrogen-bond acceptors (Lipinski definition) is 5. The van der Waals surface area contributed by atoms with Crippen LogP contribution in [0.2, 0.25) is 0 Å². The smallest absolute Gasteiger partial charge is 0.293 e. The van der Waals surface area contributed by atoms with E-state index in [9.17, 15) is 14.9 Å². The molecule has 2 aromatic rings. The monoisotopic (exact) mass is 333 g/mol. The lowest BCUT2D eigenvalue weighted by Gasteiger charge is -2.16. The van der Waals surface area contributed by atoms with Crippen LogP contribution in [0.1, 0.15) is 16.7 Å². The van der Waals surface area contributed by atoms with Gasteiger partial charge in [0.1, 0.15) is 5.69 Å². The highest BCUT2D eigenvalue weighted by Crippen LogP contribution is 2.30. The molecule has 1 aromatic heterocycles. The summed E-state index contributed by atoms with van der Waals surface area (Å²) < 4.78 is 0. The average Bonchev–Trinajstić information content (AvgIpc) is 2.96. The number of nitrogens with one attached hydrogen (secondary N) is 1. The molecule has 1 aromatic carbocycles. The second kappa shape index (κ2) is 7.34. The van der Waals surface area contributed by atoms with Crippen LogP contribution in [-0.4, -0.2) is 29.3 Å². The number of thiophene rings is 1. The lowest BCUT2D eigenvalue weighted by atomic mass is 10.1. The zero-order chi connectivity index (χ0) is 17.0. The first-order valence-corrected chi connectivity index (χ1v) is 8.07. The van der Waals surface area contributed by atoms with Crippen molar-refractivity contribution < 1.29 is 9.72 Å². The highest BCUT2D eigenvalue weighted by Gasteiger charge is 2.19. The Morgan fingerprint density at radius 2 is 2.09 bits per heavy atom. The number of nitro benzene ring substituents is 1. The lowest BCUT2D eigenvalue weighted by Crippen LogP contribution is -2.30. The van der Waals surface area contributed by atoms with Gasteiger partial charge >= 0.3 is 0 Å². The summed E-state index contributed by atoms with van der Waals surface area (Å²) in [5.74, 6) is -0.264. The number of carbonyl (C=O) groups excluding carboxylic acids is 1. The Hall–Kier alpha value is -2.25. The molecule has 0 unspecified atom stereocenters. The summed E-state index contributed by atoms with van der Waals surface area (Å²) in [6.07, 6.45) is 0. The Bertz CT molecular complexity index is 714. The molecule has 0 bridgehead atoms. The highest BCUT2D eigenvalue weighted by atomic mass is 32.1. The van der Waals surface area contributed by atoms with E-state index in [4.69, 9.17) is 0 Å². The largest absolute Gasteiger partial charge is 0.319 e. The standard InChI is InChI=1S/C16H19N3O3S/c1-11-4-5-14(19(21)22)16(12(11)2)17-15(20)9-18(3)8-13-6-7-23-10-13/h4-7,10H,8-9H2,1-3H3,(H,17,20). The van der Waals surface area contributed by atoms with Gasteiger partial charge in [-0.25, -0.2) is 0 Å². The average molecular weight is 333 g/mol. The normalized spacial score (nSPS) is 10.8. The molecule has 2 rings (SSSR count). The minimum absolute atomic E-state index is 0.0815. The van der Waals surface area contributed by atoms with Gasteiger partial charge in [-0.3, -0.25) is 19.8 Å². The first-order chi connectivity index (χ1) is 10.9. The Morgan fingerprint density at radius 1 is 1.35 bits per heavy atom. The third-order valence-corrected chi connectivity index (χ3v) is 4.35. The first kappa shape index (κ1) is 17.1. The molecular formula is C16H19N3O3S. The third-order valence-electron chi connectivity index (χ3n) is 3.62. The fourth-order valence-electron chi connectivity index (χ4n) is 2.29. The molecule has 0 spiro atoms. The van der Waals surface area contributed by atoms with E-state index in [1.54, 1.807) is 24.3 Å². The van der Waals surface area contributed by atoms with Crippen molar-refractivity contribution in [2.45, 2.75) is 20.4 Å². The zero-order valence-electron chi connectivity index (χ0n) is 13.3. The van der Waals surface area contributed by atoms with Crippen LogP contribution in [0.15, 0.2) is 29.0 Å². The fourth-order valence-corrected chi connectivity index (χ4v) is 2.95. The summed E-state index contributed by atoms with van der Waals surface area (Å²) >= 11 is 1.61. The summed E-state index contributed by atoms with van der Waals surface area (Å²) in [5.41, 5.74) is 2.96. The molecule has 1 N–H and O–H groups in total. The molecule has 122 valence electrons. The van der Waals surface area contributed by atoms with E-state index in [1.165, 1.54) is 6.07 Å². The number of likely N-dealkylation sites (N-methyl/N-ethyl adjacent to an activating group) is 1. The Kier molecular flexibility index (Phi) is 5.46. The lowest BCUT2D eigenvalue weighted by molar-refractivity contribution is -0.384. The van der Waals surface area contributed by atoms with Crippen molar-refractivity contribution in [3.8, 4) is 0 Å². The van der Waals surface area contributed by atoms with Crippen LogP contribution in [0.25, 0.3) is 0 Å². The Labute approximate surface area is 138 Å². The maximum absolute atomic E-state index is 12.2. The van der Waals surface area contributed by atoms with Gasteiger partial charge in [-0.15, -0.1) is 0 Å². The Balaban J connectivity index is 2.08. The van der Waals surface area contributed by atoms with Gasteiger partial charge in [0.05, 0.1) is 11.5 Å². The van der Waals surface area contributed by atoms with Crippen molar-refractivity contribution in [3.05, 3.63) is 55.8 Å². The van der Waals surface area contributed by atoms with Crippen molar-refractivity contribution >= 4 is 28.6 Å². The number of aryl methyl sites for hydroxylation is 1. The number of benzene rings is 1. The van der Waals surface area contributed by atoms with Crippen molar-refractivity contribution in [3.63, 3.8) is 0 Å². The highest BCUT2D eigenvalue weighted by molar-refractivity contribution is 7.07. The van der Waals surface area contributed by atoms with Crippen LogP contribution in [0.4, 0.5) is 11.4 Å². The second-order valence-corrected chi connectivity index (χ2v) is 6.29. The van der Waals surface area contributed by atoms with E-state index < -0.39 is 4.92 Å². The molecule has 0 saturated heterocycles. The van der Waals surface area contributed by atoms with Crippen LogP contribution in [-0.2, 0) is 11.3 Å². The van der Waals surface area contributed by atoms with E-state index in [-0.39, 0.29) is 23.8 Å². The van der Waals surface area contributed by atoms with Crippen molar-refractivity contribution in [2.24, 2.45) is 0 Å². The second-order valence-electron chi connectivity index (χ2n) is 5.51. The SMILES string of the molecule is Cc1ccc([N+](=O)[O-])c(NC(=O)CN(C)Cc2ccsc2)c1C. The molecular weight excluding hydrogens is 314 g/mol. The number of rotatable bonds is 6. The van der Waals surface area contributed by atoms with Gasteiger partial charge in [0.2, 0.25) is 5.91 Å². The zero-order valence-corrected chi connectivity index (χ0v) is 14.1. The van der Waals surface area contributed by atoms with Crippen molar-refractivity contribution in [2.75, 3.05) is 18.9 Å². The predicted octanol–water partition coefficient (Wildman–Crippen LogP) is 3.34. The molecule has 7 heteroatoms. The van der Waals surface area contributed by atoms with Crippen LogP contribution >= 0.6 is 11.3 Å². The van der Waals surface area contributed by atoms with E-state index in [1.807, 2.05) is 35.7 Å². The molecule has 1 heterocycles. The van der Waals surface area contributed by atoms with Gasteiger partial charge in [0.15, 0.2) is 0 Å². The number of nitrogens with zero attached hydrogens (tertiary/aromatic N) is 2. The van der Waals surface area contributed by atoms with Crippen LogP contribution in [0.3, 0.4) is 0 Å². The summed E-state index contributed by atoms with van der Waals surface area (Å²) in [6, 6.07) is 5.12. The van der Waals surface area contributed by atoms with Crippen LogP contribution in [0, 0.1) is 24.0 Å². The number of carbonyl (C=O) groups is 1. The molecule has 0 aliphatic heterocycles. The first-order valence-electron chi connectivity index (χ1n) is 7.12. The van der Waals surface area contributed by atoms with Crippen LogP contribution < -0.4 is 5.32 Å². The molecule has 23 heavy (non-hydrogen) atoms. The summed E-state index contributed by atoms with van der Waals surface area (Å²) in [4.78, 5) is 24.8. The number of amides is 1. The third kappa shape index (κ3) is 4.37. The topological polar surface area (TPSA) is 75.5 Å². The molecule has 0 aliphatic carbocycles. The van der Waals surface area contributed by atoms with Gasteiger partial charge in [-0.1, -0.05) is 6.07 Å². The molecule has 1 amide bonds. The Morgan fingerprint density at radius 3 is 2.70 bits per heavy atom. The van der Waals surface area contributed by atoms with E-state index >= 15 is 0 Å². The quantitative estimate of drug-likeness (QED) is 0.650. The molecule has 0 atom stereocenters. The minimum Gasteiger partial charge on any atom is -0.319 e. The summed E-state index contributed by atoms with van der Waals surface area (Å²) in [7, 11) is 1.84. The van der Waals surface area contributed by atoms with E-state index in [2.05, 4.69) is 5.32 Å². The molecule has 0 radical (unpaired) electrons. The van der Waals surface area contributed by atoms with E-state index in [0.717, 1.165) is 11.1 Å². The number of nitro groups is 1.